The van der Waals surface area contributed by atoms with Crippen LogP contribution in [-0.2, 0) is 4.79 Å². The van der Waals surface area contributed by atoms with Crippen LogP contribution in [-0.4, -0.2) is 52.3 Å². The van der Waals surface area contributed by atoms with Gasteiger partial charge in [0.25, 0.3) is 0 Å². The quantitative estimate of drug-likeness (QED) is 0.524. The van der Waals surface area contributed by atoms with Crippen LogP contribution < -0.4 is 14.2 Å². The Kier molecular flexibility index (Phi) is 7.02. The number of carbonyl (C=O) groups is 1. The number of unbranched alkanes of at least 4 members (excludes halogenated alkanes) is 2. The number of carboxylic acid groups (broad SMARTS) is 1. The molecule has 0 unspecified atom stereocenters. The molecule has 1 heterocycles. The number of para-hydroxylation sites is 1. The molecule has 0 radical (unpaired) electrons. The van der Waals surface area contributed by atoms with Crippen LogP contribution in [0.2, 0.25) is 0 Å². The van der Waals surface area contributed by atoms with Crippen LogP contribution >= 0.6 is 0 Å². The first-order valence-electron chi connectivity index (χ1n) is 10.2. The molecular weight excluding hydrogens is 364 g/mol. The maximum absolute atomic E-state index is 10.8. The number of hydrogen-bond donors (Lipinski definition) is 3. The molecule has 5 atom stereocenters. The number of ether oxygens (including phenoxy) is 3. The van der Waals surface area contributed by atoms with E-state index < -0.39 is 18.7 Å². The molecule has 7 nitrogen and oxygen atoms in total. The molecule has 1 aliphatic heterocycles. The molecule has 0 aromatic heterocycles. The minimum absolute atomic E-state index is 0.109. The molecule has 156 valence electrons. The summed E-state index contributed by atoms with van der Waals surface area (Å²) in [6, 6.07) is 5.11. The number of hydrogen-bond acceptors (Lipinski definition) is 6. The van der Waals surface area contributed by atoms with Crippen LogP contribution in [0.1, 0.15) is 51.9 Å². The third-order valence-corrected chi connectivity index (χ3v) is 5.56. The van der Waals surface area contributed by atoms with E-state index in [1.54, 1.807) is 18.2 Å². The third-order valence-electron chi connectivity index (χ3n) is 5.56. The van der Waals surface area contributed by atoms with Crippen molar-refractivity contribution in [3.05, 3.63) is 18.2 Å². The molecule has 7 heteroatoms. The van der Waals surface area contributed by atoms with Crippen molar-refractivity contribution >= 4 is 5.97 Å². The second kappa shape index (κ2) is 9.47. The van der Waals surface area contributed by atoms with Gasteiger partial charge in [-0.15, -0.1) is 0 Å². The van der Waals surface area contributed by atoms with Gasteiger partial charge >= 0.3 is 5.97 Å². The number of benzene rings is 1. The lowest BCUT2D eigenvalue weighted by Crippen LogP contribution is -2.40. The highest BCUT2D eigenvalue weighted by molar-refractivity contribution is 5.68. The smallest absolute Gasteiger partial charge is 0.341 e. The summed E-state index contributed by atoms with van der Waals surface area (Å²) >= 11 is 0. The lowest BCUT2D eigenvalue weighted by Gasteiger charge is -2.33. The minimum atomic E-state index is -1.07. The third kappa shape index (κ3) is 4.89. The molecular formula is C21H30O7. The van der Waals surface area contributed by atoms with Gasteiger partial charge in [0.1, 0.15) is 12.2 Å². The van der Waals surface area contributed by atoms with Crippen LogP contribution in [0, 0.1) is 5.92 Å². The molecule has 0 bridgehead atoms. The summed E-state index contributed by atoms with van der Waals surface area (Å²) in [5, 5.41) is 29.5. The lowest BCUT2D eigenvalue weighted by molar-refractivity contribution is -0.139. The summed E-state index contributed by atoms with van der Waals surface area (Å²) in [5.41, 5.74) is 0. The molecule has 0 spiro atoms. The number of carboxylic acids is 1. The van der Waals surface area contributed by atoms with Crippen molar-refractivity contribution in [1.82, 2.24) is 0 Å². The van der Waals surface area contributed by atoms with E-state index in [1.165, 1.54) is 0 Å². The molecule has 1 aromatic rings. The van der Waals surface area contributed by atoms with Gasteiger partial charge in [-0.1, -0.05) is 32.3 Å². The van der Waals surface area contributed by atoms with E-state index in [0.717, 1.165) is 25.7 Å². The molecule has 1 saturated carbocycles. The zero-order chi connectivity index (χ0) is 20.1. The van der Waals surface area contributed by atoms with E-state index in [0.29, 0.717) is 36.5 Å². The van der Waals surface area contributed by atoms with E-state index in [4.69, 9.17) is 19.3 Å². The SMILES string of the molecule is CCCCC[C@@H](O)CC[C@H]1[C@@H]2Oc3cccc(OCC(=O)O)c3O[C@@H]2C[C@@H]1O. The summed E-state index contributed by atoms with van der Waals surface area (Å²) in [6.07, 6.45) is 4.26. The number of aliphatic hydroxyl groups is 2. The Hall–Kier alpha value is -1.99. The zero-order valence-electron chi connectivity index (χ0n) is 16.3. The summed E-state index contributed by atoms with van der Waals surface area (Å²) in [4.78, 5) is 10.8. The Morgan fingerprint density at radius 2 is 2.11 bits per heavy atom. The molecule has 1 fully saturated rings. The number of fused-ring (bicyclic) bond motifs is 2. The fourth-order valence-electron chi connectivity index (χ4n) is 4.09. The largest absolute Gasteiger partial charge is 0.482 e. The average Bonchev–Trinajstić information content (AvgIpc) is 2.97. The standard InChI is InChI=1S/C21H30O7/c1-2-3-4-6-13(22)9-10-14-15(23)11-18-20(14)27-17-8-5-7-16(21(17)28-18)26-12-19(24)25/h5,7-8,13-15,18,20,22-23H,2-4,6,9-12H2,1H3,(H,24,25)/t13-,14-,15+,18-,20+/m1/s1. The summed E-state index contributed by atoms with van der Waals surface area (Å²) < 4.78 is 17.5. The fourth-order valence-corrected chi connectivity index (χ4v) is 4.09. The average molecular weight is 394 g/mol. The first-order valence-corrected chi connectivity index (χ1v) is 10.2. The Balaban J connectivity index is 1.62. The van der Waals surface area contributed by atoms with E-state index in [9.17, 15) is 15.0 Å². The van der Waals surface area contributed by atoms with Gasteiger partial charge in [0.2, 0.25) is 5.75 Å². The van der Waals surface area contributed by atoms with E-state index >= 15 is 0 Å². The molecule has 3 rings (SSSR count). The second-order valence-electron chi connectivity index (χ2n) is 7.70. The van der Waals surface area contributed by atoms with Gasteiger partial charge in [-0.25, -0.2) is 4.79 Å². The number of aliphatic hydroxyl groups excluding tert-OH is 2. The second-order valence-corrected chi connectivity index (χ2v) is 7.70. The first kappa shape index (κ1) is 20.7. The van der Waals surface area contributed by atoms with Crippen molar-refractivity contribution in [2.24, 2.45) is 5.92 Å². The maximum Gasteiger partial charge on any atom is 0.341 e. The summed E-state index contributed by atoms with van der Waals surface area (Å²) in [7, 11) is 0. The number of aliphatic carboxylic acids is 1. The lowest BCUT2D eigenvalue weighted by atomic mass is 9.93. The highest BCUT2D eigenvalue weighted by Crippen LogP contribution is 2.47. The molecule has 0 amide bonds. The predicted octanol–water partition coefficient (Wildman–Crippen LogP) is 2.76. The van der Waals surface area contributed by atoms with Crippen molar-refractivity contribution in [2.75, 3.05) is 6.61 Å². The molecule has 1 aromatic carbocycles. The molecule has 3 N–H and O–H groups in total. The fraction of sp³-hybridized carbons (Fsp3) is 0.667. The zero-order valence-corrected chi connectivity index (χ0v) is 16.3. The molecule has 1 aliphatic carbocycles. The van der Waals surface area contributed by atoms with Crippen LogP contribution in [0.25, 0.3) is 0 Å². The van der Waals surface area contributed by atoms with Crippen LogP contribution in [0.4, 0.5) is 0 Å². The Morgan fingerprint density at radius 1 is 1.29 bits per heavy atom. The molecule has 2 aliphatic rings. The Morgan fingerprint density at radius 3 is 2.86 bits per heavy atom. The highest BCUT2D eigenvalue weighted by Gasteiger charge is 2.48. The van der Waals surface area contributed by atoms with E-state index in [1.807, 2.05) is 0 Å². The Labute approximate surface area is 165 Å². The molecule has 0 saturated heterocycles. The highest BCUT2D eigenvalue weighted by atomic mass is 16.6. The monoisotopic (exact) mass is 394 g/mol. The van der Waals surface area contributed by atoms with Crippen LogP contribution in [0.15, 0.2) is 18.2 Å². The van der Waals surface area contributed by atoms with Crippen molar-refractivity contribution in [1.29, 1.82) is 0 Å². The normalized spacial score (nSPS) is 26.5. The van der Waals surface area contributed by atoms with E-state index in [-0.39, 0.29) is 24.2 Å². The number of rotatable bonds is 10. The van der Waals surface area contributed by atoms with Gasteiger partial charge in [0.15, 0.2) is 18.1 Å². The van der Waals surface area contributed by atoms with Crippen LogP contribution in [0.3, 0.4) is 0 Å². The van der Waals surface area contributed by atoms with Gasteiger partial charge in [-0.3, -0.25) is 0 Å². The maximum atomic E-state index is 10.8. The van der Waals surface area contributed by atoms with Crippen molar-refractivity contribution in [3.63, 3.8) is 0 Å². The van der Waals surface area contributed by atoms with Crippen molar-refractivity contribution in [3.8, 4) is 17.2 Å². The van der Waals surface area contributed by atoms with Gasteiger partial charge < -0.3 is 29.5 Å². The van der Waals surface area contributed by atoms with Crippen molar-refractivity contribution < 1.29 is 34.3 Å². The predicted molar refractivity (Wildman–Crippen MR) is 102 cm³/mol. The van der Waals surface area contributed by atoms with Gasteiger partial charge in [0, 0.05) is 12.3 Å². The topological polar surface area (TPSA) is 105 Å². The van der Waals surface area contributed by atoms with Crippen LogP contribution in [0.5, 0.6) is 17.2 Å². The minimum Gasteiger partial charge on any atom is -0.482 e. The first-order chi connectivity index (χ1) is 13.5. The van der Waals surface area contributed by atoms with Gasteiger partial charge in [-0.2, -0.15) is 0 Å². The molecule has 28 heavy (non-hydrogen) atoms. The Bertz CT molecular complexity index is 662. The summed E-state index contributed by atoms with van der Waals surface area (Å²) in [6.45, 7) is 1.67. The van der Waals surface area contributed by atoms with Crippen molar-refractivity contribution in [2.45, 2.75) is 76.3 Å². The van der Waals surface area contributed by atoms with Gasteiger partial charge in [-0.05, 0) is 31.4 Å². The van der Waals surface area contributed by atoms with Gasteiger partial charge in [0.05, 0.1) is 12.2 Å². The van der Waals surface area contributed by atoms with E-state index in [2.05, 4.69) is 6.92 Å². The summed E-state index contributed by atoms with van der Waals surface area (Å²) in [5.74, 6) is 0.0236.